The molecule has 2 heterocycles. The maximum Gasteiger partial charge on any atom is 0.255 e. The molecule has 0 fully saturated rings. The lowest BCUT2D eigenvalue weighted by Crippen LogP contribution is -2.26. The van der Waals surface area contributed by atoms with Gasteiger partial charge < -0.3 is 30.2 Å². The van der Waals surface area contributed by atoms with Crippen LogP contribution in [-0.4, -0.2) is 55.0 Å². The van der Waals surface area contributed by atoms with Gasteiger partial charge in [0.15, 0.2) is 0 Å². The summed E-state index contributed by atoms with van der Waals surface area (Å²) < 4.78 is 11.1. The highest BCUT2D eigenvalue weighted by molar-refractivity contribution is 8.02. The molecule has 4 N–H and O–H groups in total. The molecule has 0 aliphatic heterocycles. The number of ether oxygens (including phenoxy) is 2. The molecular weight excluding hydrogens is 502 g/mol. The van der Waals surface area contributed by atoms with Crippen molar-refractivity contribution in [3.05, 3.63) is 44.7 Å². The van der Waals surface area contributed by atoms with Crippen LogP contribution >= 0.6 is 34.7 Å². The van der Waals surface area contributed by atoms with Gasteiger partial charge in [0, 0.05) is 37.4 Å². The molecule has 2 amide bonds. The zero-order chi connectivity index (χ0) is 24.8. The number of aryl methyl sites for hydroxylation is 1. The van der Waals surface area contributed by atoms with Crippen LogP contribution in [0.5, 0.6) is 11.5 Å². The van der Waals surface area contributed by atoms with Gasteiger partial charge in [-0.2, -0.15) is 0 Å². The van der Waals surface area contributed by atoms with E-state index in [4.69, 9.17) is 21.1 Å². The van der Waals surface area contributed by atoms with Gasteiger partial charge in [-0.05, 0) is 25.0 Å². The molecule has 0 unspecified atom stereocenters. The van der Waals surface area contributed by atoms with Crippen molar-refractivity contribution < 1.29 is 24.2 Å². The third-order valence-electron chi connectivity index (χ3n) is 4.75. The molecule has 0 aliphatic rings. The zero-order valence-corrected chi connectivity index (χ0v) is 21.1. The first-order valence-corrected chi connectivity index (χ1v) is 12.4. The highest BCUT2D eigenvalue weighted by Gasteiger charge is 2.23. The van der Waals surface area contributed by atoms with Gasteiger partial charge >= 0.3 is 0 Å². The first-order valence-electron chi connectivity index (χ1n) is 10.2. The molecule has 0 atom stereocenters. The fraction of sp³-hybridized carbons (Fsp3) is 0.318. The van der Waals surface area contributed by atoms with Crippen molar-refractivity contribution in [3.63, 3.8) is 0 Å². The minimum Gasteiger partial charge on any atom is -0.506 e. The molecule has 1 aromatic carbocycles. The Balaban J connectivity index is 1.83. The van der Waals surface area contributed by atoms with Crippen LogP contribution in [-0.2, 0) is 9.53 Å². The number of carbonyl (C=O) groups is 2. The van der Waals surface area contributed by atoms with Gasteiger partial charge in [0.2, 0.25) is 5.91 Å². The number of fused-ring (bicyclic) bond motifs is 1. The molecular formula is C22H24ClN3O6S2. The molecule has 0 aliphatic carbocycles. The predicted molar refractivity (Wildman–Crippen MR) is 135 cm³/mol. The molecule has 2 aromatic heterocycles. The monoisotopic (exact) mass is 525 g/mol. The van der Waals surface area contributed by atoms with Crippen molar-refractivity contribution in [2.75, 3.05) is 38.4 Å². The van der Waals surface area contributed by atoms with E-state index < -0.39 is 11.5 Å². The number of hydrogen-bond donors (Lipinski definition) is 4. The number of carbonyl (C=O) groups excluding carboxylic acids is 2. The van der Waals surface area contributed by atoms with E-state index in [1.807, 2.05) is 6.92 Å². The van der Waals surface area contributed by atoms with Crippen LogP contribution in [0.1, 0.15) is 22.3 Å². The minimum atomic E-state index is -0.532. The normalized spacial score (nSPS) is 10.9. The largest absolute Gasteiger partial charge is 0.506 e. The van der Waals surface area contributed by atoms with E-state index in [2.05, 4.69) is 15.6 Å². The summed E-state index contributed by atoms with van der Waals surface area (Å²) in [5, 5.41) is 16.3. The average Bonchev–Trinajstić information content (AvgIpc) is 3.16. The number of H-pyrrole nitrogens is 1. The number of aromatic hydroxyl groups is 1. The summed E-state index contributed by atoms with van der Waals surface area (Å²) >= 11 is 8.37. The summed E-state index contributed by atoms with van der Waals surface area (Å²) in [6.45, 7) is 2.67. The highest BCUT2D eigenvalue weighted by Crippen LogP contribution is 2.40. The molecule has 0 saturated carbocycles. The fourth-order valence-corrected chi connectivity index (χ4v) is 5.51. The minimum absolute atomic E-state index is 0.0212. The molecule has 9 nitrogen and oxygen atoms in total. The number of aromatic nitrogens is 1. The number of aromatic amines is 1. The number of thiophene rings is 1. The second-order valence-electron chi connectivity index (χ2n) is 7.23. The predicted octanol–water partition coefficient (Wildman–Crippen LogP) is 3.76. The SMILES string of the molecule is COCCCNC(=O)c1c(SCC(=O)Nc2cc(C)c(Cl)cc2OC)sc2c(O)cc(=O)[nH]c12. The fourth-order valence-electron chi connectivity index (χ4n) is 3.12. The van der Waals surface area contributed by atoms with E-state index in [0.29, 0.717) is 44.9 Å². The van der Waals surface area contributed by atoms with Crippen LogP contribution in [0.15, 0.2) is 27.2 Å². The van der Waals surface area contributed by atoms with E-state index in [0.717, 1.165) is 34.7 Å². The summed E-state index contributed by atoms with van der Waals surface area (Å²) in [6.07, 6.45) is 0.610. The number of thioether (sulfide) groups is 1. The number of methoxy groups -OCH3 is 2. The van der Waals surface area contributed by atoms with Crippen molar-refractivity contribution in [1.82, 2.24) is 10.3 Å². The van der Waals surface area contributed by atoms with Gasteiger partial charge in [-0.25, -0.2) is 0 Å². The average molecular weight is 526 g/mol. The molecule has 0 saturated heterocycles. The summed E-state index contributed by atoms with van der Waals surface area (Å²) in [4.78, 5) is 40.1. The molecule has 3 aromatic rings. The lowest BCUT2D eigenvalue weighted by Gasteiger charge is -2.12. The molecule has 12 heteroatoms. The van der Waals surface area contributed by atoms with E-state index in [-0.39, 0.29) is 28.5 Å². The van der Waals surface area contributed by atoms with Gasteiger partial charge in [0.05, 0.1) is 38.5 Å². The number of hydrogen-bond acceptors (Lipinski definition) is 8. The molecule has 182 valence electrons. The second-order valence-corrected chi connectivity index (χ2v) is 9.90. The van der Waals surface area contributed by atoms with Gasteiger partial charge in [0.1, 0.15) is 11.5 Å². The summed E-state index contributed by atoms with van der Waals surface area (Å²) in [5.41, 5.74) is 1.17. The zero-order valence-electron chi connectivity index (χ0n) is 18.7. The Morgan fingerprint density at radius 1 is 1.26 bits per heavy atom. The number of halogens is 1. The molecule has 0 radical (unpaired) electrons. The number of amides is 2. The van der Waals surface area contributed by atoms with E-state index in [1.54, 1.807) is 19.2 Å². The van der Waals surface area contributed by atoms with Crippen molar-refractivity contribution >= 4 is 62.4 Å². The van der Waals surface area contributed by atoms with Crippen LogP contribution in [0, 0.1) is 6.92 Å². The quantitative estimate of drug-likeness (QED) is 0.234. The Morgan fingerprint density at radius 3 is 2.74 bits per heavy atom. The molecule has 34 heavy (non-hydrogen) atoms. The van der Waals surface area contributed by atoms with E-state index in [1.165, 1.54) is 7.11 Å². The van der Waals surface area contributed by atoms with Crippen LogP contribution in [0.2, 0.25) is 5.02 Å². The van der Waals surface area contributed by atoms with Crippen molar-refractivity contribution in [1.29, 1.82) is 0 Å². The van der Waals surface area contributed by atoms with Crippen LogP contribution < -0.4 is 20.9 Å². The Labute approximate surface area is 208 Å². The third-order valence-corrected chi connectivity index (χ3v) is 7.64. The standard InChI is InChI=1S/C22H24ClN3O6S2/c1-11-7-13(15(32-3)8-12(11)23)25-17(29)10-33-22-18(21(30)24-5-4-6-31-2)19-20(34-22)14(27)9-16(28)26-19/h7-9H,4-6,10H2,1-3H3,(H,24,30)(H,25,29)(H2,26,27,28). The summed E-state index contributed by atoms with van der Waals surface area (Å²) in [6, 6.07) is 4.39. The maximum absolute atomic E-state index is 12.9. The Morgan fingerprint density at radius 2 is 2.03 bits per heavy atom. The van der Waals surface area contributed by atoms with Crippen LogP contribution in [0.4, 0.5) is 5.69 Å². The highest BCUT2D eigenvalue weighted by atomic mass is 35.5. The number of anilines is 1. The van der Waals surface area contributed by atoms with Gasteiger partial charge in [-0.1, -0.05) is 11.6 Å². The van der Waals surface area contributed by atoms with Crippen molar-refractivity contribution in [2.45, 2.75) is 17.6 Å². The molecule has 0 bridgehead atoms. The van der Waals surface area contributed by atoms with Gasteiger partial charge in [-0.3, -0.25) is 14.4 Å². The lowest BCUT2D eigenvalue weighted by atomic mass is 10.2. The van der Waals surface area contributed by atoms with E-state index in [9.17, 15) is 19.5 Å². The van der Waals surface area contributed by atoms with Crippen LogP contribution in [0.25, 0.3) is 10.2 Å². The topological polar surface area (TPSA) is 130 Å². The number of rotatable bonds is 10. The second kappa shape index (κ2) is 11.6. The van der Waals surface area contributed by atoms with Crippen molar-refractivity contribution in [3.8, 4) is 11.5 Å². The maximum atomic E-state index is 12.9. The number of nitrogens with one attached hydrogen (secondary N) is 3. The smallest absolute Gasteiger partial charge is 0.255 e. The number of pyridine rings is 1. The molecule has 0 spiro atoms. The Bertz CT molecular complexity index is 1270. The summed E-state index contributed by atoms with van der Waals surface area (Å²) in [5.74, 6) is -0.565. The Hall–Kier alpha value is -2.73. The Kier molecular flexibility index (Phi) is 8.84. The van der Waals surface area contributed by atoms with E-state index >= 15 is 0 Å². The first kappa shape index (κ1) is 25.9. The van der Waals surface area contributed by atoms with Gasteiger partial charge in [-0.15, -0.1) is 23.1 Å². The van der Waals surface area contributed by atoms with Crippen LogP contribution in [0.3, 0.4) is 0 Å². The van der Waals surface area contributed by atoms with Crippen molar-refractivity contribution in [2.24, 2.45) is 0 Å². The lowest BCUT2D eigenvalue weighted by molar-refractivity contribution is -0.113. The number of benzene rings is 1. The molecule has 3 rings (SSSR count). The third kappa shape index (κ3) is 6.03. The first-order chi connectivity index (χ1) is 16.2. The van der Waals surface area contributed by atoms with Gasteiger partial charge in [0.25, 0.3) is 11.5 Å². The summed E-state index contributed by atoms with van der Waals surface area (Å²) in [7, 11) is 3.05.